The summed E-state index contributed by atoms with van der Waals surface area (Å²) in [6.07, 6.45) is 5.34. The summed E-state index contributed by atoms with van der Waals surface area (Å²) < 4.78 is 5.69. The normalized spacial score (nSPS) is 21.7. The van der Waals surface area contributed by atoms with Crippen LogP contribution in [0.15, 0.2) is 24.3 Å². The van der Waals surface area contributed by atoms with Gasteiger partial charge in [-0.25, -0.2) is 4.79 Å². The van der Waals surface area contributed by atoms with Crippen molar-refractivity contribution >= 4 is 11.8 Å². The molecule has 1 aliphatic carbocycles. The molecule has 1 aromatic rings. The average Bonchev–Trinajstić information content (AvgIpc) is 2.76. The second-order valence-electron chi connectivity index (χ2n) is 5.57. The molecular formula is C15H20N2O2. The van der Waals surface area contributed by atoms with Crippen molar-refractivity contribution in [2.75, 3.05) is 11.4 Å². The van der Waals surface area contributed by atoms with Gasteiger partial charge < -0.3 is 10.5 Å². The molecule has 1 heterocycles. The van der Waals surface area contributed by atoms with E-state index >= 15 is 0 Å². The molecule has 0 unspecified atom stereocenters. The van der Waals surface area contributed by atoms with Crippen LogP contribution >= 0.6 is 0 Å². The minimum Gasteiger partial charge on any atom is -0.441 e. The third-order valence-electron chi connectivity index (χ3n) is 4.19. The number of carbonyl (C=O) groups is 1. The number of ether oxygens (including phenoxy) is 1. The summed E-state index contributed by atoms with van der Waals surface area (Å²) in [6, 6.07) is 7.84. The molecule has 4 nitrogen and oxygen atoms in total. The van der Waals surface area contributed by atoms with Gasteiger partial charge in [0.25, 0.3) is 0 Å². The Morgan fingerprint density at radius 3 is 2.79 bits per heavy atom. The highest BCUT2D eigenvalue weighted by atomic mass is 16.6. The molecule has 0 radical (unpaired) electrons. The number of hydrogen-bond acceptors (Lipinski definition) is 3. The summed E-state index contributed by atoms with van der Waals surface area (Å²) in [4.78, 5) is 13.9. The van der Waals surface area contributed by atoms with E-state index in [4.69, 9.17) is 10.5 Å². The Bertz CT molecular complexity index is 481. The van der Waals surface area contributed by atoms with Crippen molar-refractivity contribution in [3.63, 3.8) is 0 Å². The van der Waals surface area contributed by atoms with Crippen molar-refractivity contribution in [3.05, 3.63) is 29.8 Å². The van der Waals surface area contributed by atoms with Gasteiger partial charge in [-0.05, 0) is 43.4 Å². The van der Waals surface area contributed by atoms with Crippen LogP contribution in [0.25, 0.3) is 0 Å². The zero-order chi connectivity index (χ0) is 13.3. The number of hydrogen-bond donors (Lipinski definition) is 1. The lowest BCUT2D eigenvalue weighted by Gasteiger charge is -2.30. The minimum absolute atomic E-state index is 0.212. The minimum atomic E-state index is -0.242. The number of anilines is 1. The van der Waals surface area contributed by atoms with E-state index in [-0.39, 0.29) is 11.7 Å². The first-order chi connectivity index (χ1) is 9.22. The van der Waals surface area contributed by atoms with Crippen LogP contribution in [-0.4, -0.2) is 18.2 Å². The number of nitrogens with zero attached hydrogens (tertiary/aromatic N) is 1. The van der Waals surface area contributed by atoms with Gasteiger partial charge in [0, 0.05) is 12.2 Å². The summed E-state index contributed by atoms with van der Waals surface area (Å²) >= 11 is 0. The summed E-state index contributed by atoms with van der Waals surface area (Å²) in [5.41, 5.74) is 7.35. The Hall–Kier alpha value is -1.55. The number of rotatable bonds is 2. The van der Waals surface area contributed by atoms with E-state index in [0.717, 1.165) is 36.9 Å². The van der Waals surface area contributed by atoms with Gasteiger partial charge in [0.2, 0.25) is 0 Å². The van der Waals surface area contributed by atoms with Gasteiger partial charge >= 0.3 is 6.09 Å². The van der Waals surface area contributed by atoms with Crippen molar-refractivity contribution in [1.29, 1.82) is 0 Å². The van der Waals surface area contributed by atoms with Gasteiger partial charge in [-0.15, -0.1) is 0 Å². The van der Waals surface area contributed by atoms with Gasteiger partial charge in [0.05, 0.1) is 6.54 Å². The summed E-state index contributed by atoms with van der Waals surface area (Å²) in [6.45, 7) is 1.17. The number of benzene rings is 1. The van der Waals surface area contributed by atoms with Crippen LogP contribution in [-0.2, 0) is 11.3 Å². The first-order valence-corrected chi connectivity index (χ1v) is 7.02. The number of carbonyl (C=O) groups excluding carboxylic acids is 1. The van der Waals surface area contributed by atoms with Crippen LogP contribution in [0.2, 0.25) is 0 Å². The number of amides is 1. The molecule has 1 aliphatic heterocycles. The Morgan fingerprint density at radius 2 is 2.05 bits per heavy atom. The maximum Gasteiger partial charge on any atom is 0.415 e. The molecule has 2 fully saturated rings. The van der Waals surface area contributed by atoms with Gasteiger partial charge in [-0.2, -0.15) is 0 Å². The predicted octanol–water partition coefficient (Wildman–Crippen LogP) is 2.80. The second kappa shape index (κ2) is 4.85. The van der Waals surface area contributed by atoms with Gasteiger partial charge in [-0.1, -0.05) is 18.6 Å². The van der Waals surface area contributed by atoms with E-state index in [1.54, 1.807) is 4.90 Å². The summed E-state index contributed by atoms with van der Waals surface area (Å²) in [7, 11) is 0. The third-order valence-corrected chi connectivity index (χ3v) is 4.19. The molecular weight excluding hydrogens is 240 g/mol. The molecule has 2 N–H and O–H groups in total. The zero-order valence-corrected chi connectivity index (χ0v) is 11.1. The molecule has 4 heteroatoms. The maximum atomic E-state index is 12.1. The van der Waals surface area contributed by atoms with Crippen molar-refractivity contribution in [1.82, 2.24) is 0 Å². The molecule has 19 heavy (non-hydrogen) atoms. The monoisotopic (exact) mass is 260 g/mol. The molecule has 102 valence electrons. The van der Waals surface area contributed by atoms with E-state index in [1.165, 1.54) is 6.42 Å². The fourth-order valence-corrected chi connectivity index (χ4v) is 3.13. The standard InChI is InChI=1S/C15H20N2O2/c16-10-12-5-4-6-13(9-12)17-11-15(19-14(17)18)7-2-1-3-8-15/h4-6,9H,1-3,7-8,10-11,16H2. The Balaban J connectivity index is 1.83. The maximum absolute atomic E-state index is 12.1. The molecule has 1 aromatic carbocycles. The van der Waals surface area contributed by atoms with Crippen LogP contribution in [0.1, 0.15) is 37.7 Å². The van der Waals surface area contributed by atoms with Crippen molar-refractivity contribution in [2.45, 2.75) is 44.2 Å². The second-order valence-corrected chi connectivity index (χ2v) is 5.57. The van der Waals surface area contributed by atoms with Crippen molar-refractivity contribution < 1.29 is 9.53 Å². The Morgan fingerprint density at radius 1 is 1.26 bits per heavy atom. The first-order valence-electron chi connectivity index (χ1n) is 7.02. The van der Waals surface area contributed by atoms with Crippen LogP contribution in [0.3, 0.4) is 0 Å². The summed E-state index contributed by atoms with van der Waals surface area (Å²) in [5.74, 6) is 0. The lowest BCUT2D eigenvalue weighted by Crippen LogP contribution is -2.36. The van der Waals surface area contributed by atoms with Crippen LogP contribution < -0.4 is 10.6 Å². The highest BCUT2D eigenvalue weighted by Crippen LogP contribution is 2.38. The van der Waals surface area contributed by atoms with Crippen LogP contribution in [0.5, 0.6) is 0 Å². The van der Waals surface area contributed by atoms with Gasteiger partial charge in [-0.3, -0.25) is 4.90 Å². The van der Waals surface area contributed by atoms with Crippen LogP contribution in [0.4, 0.5) is 10.5 Å². The average molecular weight is 260 g/mol. The van der Waals surface area contributed by atoms with E-state index < -0.39 is 0 Å². The highest BCUT2D eigenvalue weighted by Gasteiger charge is 2.46. The Kier molecular flexibility index (Phi) is 3.19. The highest BCUT2D eigenvalue weighted by molar-refractivity contribution is 5.90. The molecule has 3 rings (SSSR count). The number of nitrogens with two attached hydrogens (primary N) is 1. The lowest BCUT2D eigenvalue weighted by atomic mass is 9.85. The zero-order valence-electron chi connectivity index (χ0n) is 11.1. The lowest BCUT2D eigenvalue weighted by molar-refractivity contribution is 0.0260. The molecule has 1 saturated carbocycles. The van der Waals surface area contributed by atoms with E-state index in [1.807, 2.05) is 24.3 Å². The topological polar surface area (TPSA) is 55.6 Å². The van der Waals surface area contributed by atoms with Crippen molar-refractivity contribution in [3.8, 4) is 0 Å². The fourth-order valence-electron chi connectivity index (χ4n) is 3.13. The smallest absolute Gasteiger partial charge is 0.415 e. The molecule has 1 amide bonds. The fraction of sp³-hybridized carbons (Fsp3) is 0.533. The molecule has 0 aromatic heterocycles. The largest absolute Gasteiger partial charge is 0.441 e. The van der Waals surface area contributed by atoms with Crippen molar-refractivity contribution in [2.24, 2.45) is 5.73 Å². The van der Waals surface area contributed by atoms with Gasteiger partial charge in [0.15, 0.2) is 0 Å². The van der Waals surface area contributed by atoms with E-state index in [0.29, 0.717) is 13.1 Å². The molecule has 1 saturated heterocycles. The first kappa shape index (κ1) is 12.5. The quantitative estimate of drug-likeness (QED) is 0.889. The molecule has 0 bridgehead atoms. The van der Waals surface area contributed by atoms with Gasteiger partial charge in [0.1, 0.15) is 5.60 Å². The van der Waals surface area contributed by atoms with E-state index in [9.17, 15) is 4.79 Å². The van der Waals surface area contributed by atoms with E-state index in [2.05, 4.69) is 0 Å². The van der Waals surface area contributed by atoms with Crippen LogP contribution in [0, 0.1) is 0 Å². The third kappa shape index (κ3) is 2.32. The predicted molar refractivity (Wildman–Crippen MR) is 74.0 cm³/mol. The molecule has 2 aliphatic rings. The summed E-state index contributed by atoms with van der Waals surface area (Å²) in [5, 5.41) is 0. The molecule has 1 spiro atoms. The molecule has 0 atom stereocenters. The Labute approximate surface area is 113 Å². The SMILES string of the molecule is NCc1cccc(N2CC3(CCCCC3)OC2=O)c1.